The van der Waals surface area contributed by atoms with E-state index < -0.39 is 19.3 Å². The Morgan fingerprint density at radius 1 is 1.38 bits per heavy atom. The Morgan fingerprint density at radius 2 is 1.85 bits per heavy atom. The standard InChI is InChI=1S/C8H21NO2SSi/c1-8(2,3)13(4,5)7-6-9-12(10)11/h9H,6-7H2,1-5H3,(H,10,11)/p-1. The van der Waals surface area contributed by atoms with Crippen molar-refractivity contribution in [3.8, 4) is 0 Å². The summed E-state index contributed by atoms with van der Waals surface area (Å²) in [4.78, 5) is 0. The highest BCUT2D eigenvalue weighted by atomic mass is 32.2. The molecular formula is C8H20NO2SSi-. The lowest BCUT2D eigenvalue weighted by Crippen LogP contribution is -2.39. The van der Waals surface area contributed by atoms with Gasteiger partial charge in [-0.15, -0.1) is 0 Å². The van der Waals surface area contributed by atoms with Gasteiger partial charge in [-0.05, 0) is 11.1 Å². The van der Waals surface area contributed by atoms with Gasteiger partial charge < -0.3 is 4.55 Å². The van der Waals surface area contributed by atoms with Crippen molar-refractivity contribution >= 4 is 19.3 Å². The van der Waals surface area contributed by atoms with Crippen LogP contribution in [0.15, 0.2) is 0 Å². The molecule has 0 fully saturated rings. The van der Waals surface area contributed by atoms with Gasteiger partial charge in [-0.1, -0.05) is 33.9 Å². The Balaban J connectivity index is 3.97. The molecule has 0 aromatic carbocycles. The third kappa shape index (κ3) is 4.90. The van der Waals surface area contributed by atoms with Crippen LogP contribution in [0.2, 0.25) is 24.2 Å². The average Bonchev–Trinajstić information content (AvgIpc) is 1.82. The number of hydrogen-bond acceptors (Lipinski definition) is 2. The molecule has 0 amide bonds. The van der Waals surface area contributed by atoms with Crippen molar-refractivity contribution < 1.29 is 8.76 Å². The largest absolute Gasteiger partial charge is 0.760 e. The molecule has 0 rings (SSSR count). The van der Waals surface area contributed by atoms with Crippen LogP contribution in [-0.2, 0) is 11.3 Å². The lowest BCUT2D eigenvalue weighted by molar-refractivity contribution is 0.524. The minimum Gasteiger partial charge on any atom is -0.760 e. The SMILES string of the molecule is CC(C)(C)[Si](C)(C)CCNS(=O)[O-]. The van der Waals surface area contributed by atoms with E-state index in [1.54, 1.807) is 0 Å². The minimum absolute atomic E-state index is 0.332. The number of hydrogen-bond donors (Lipinski definition) is 1. The number of rotatable bonds is 4. The summed E-state index contributed by atoms with van der Waals surface area (Å²) in [7, 11) is -1.31. The fraction of sp³-hybridized carbons (Fsp3) is 1.00. The zero-order valence-electron chi connectivity index (χ0n) is 9.14. The summed E-state index contributed by atoms with van der Waals surface area (Å²) >= 11 is -2.10. The summed E-state index contributed by atoms with van der Waals surface area (Å²) in [6.45, 7) is 11.9. The van der Waals surface area contributed by atoms with Gasteiger partial charge in [-0.3, -0.25) is 4.21 Å². The second-order valence-corrected chi connectivity index (χ2v) is 11.5. The fourth-order valence-corrected chi connectivity index (χ4v) is 2.77. The Morgan fingerprint density at radius 3 is 2.15 bits per heavy atom. The lowest BCUT2D eigenvalue weighted by Gasteiger charge is -2.37. The van der Waals surface area contributed by atoms with E-state index in [4.69, 9.17) is 0 Å². The lowest BCUT2D eigenvalue weighted by atomic mass is 10.2. The van der Waals surface area contributed by atoms with Crippen LogP contribution in [0.4, 0.5) is 0 Å². The molecule has 0 aromatic heterocycles. The van der Waals surface area contributed by atoms with Crippen LogP contribution >= 0.6 is 0 Å². The zero-order chi connectivity index (χ0) is 10.7. The molecule has 3 nitrogen and oxygen atoms in total. The van der Waals surface area contributed by atoms with E-state index in [2.05, 4.69) is 38.6 Å². The molecule has 0 aliphatic rings. The van der Waals surface area contributed by atoms with Crippen LogP contribution in [0.3, 0.4) is 0 Å². The third-order valence-electron chi connectivity index (χ3n) is 3.00. The van der Waals surface area contributed by atoms with Crippen molar-refractivity contribution in [1.82, 2.24) is 4.72 Å². The molecule has 13 heavy (non-hydrogen) atoms. The van der Waals surface area contributed by atoms with E-state index in [0.29, 0.717) is 11.6 Å². The van der Waals surface area contributed by atoms with Gasteiger partial charge in [0.05, 0.1) is 8.07 Å². The van der Waals surface area contributed by atoms with Crippen molar-refractivity contribution in [2.45, 2.75) is 44.9 Å². The summed E-state index contributed by atoms with van der Waals surface area (Å²) < 4.78 is 22.9. The molecule has 80 valence electrons. The van der Waals surface area contributed by atoms with Crippen LogP contribution in [0.25, 0.3) is 0 Å². The van der Waals surface area contributed by atoms with E-state index in [-0.39, 0.29) is 0 Å². The quantitative estimate of drug-likeness (QED) is 0.583. The van der Waals surface area contributed by atoms with Crippen LogP contribution in [0.1, 0.15) is 20.8 Å². The van der Waals surface area contributed by atoms with Crippen LogP contribution in [0.5, 0.6) is 0 Å². The molecule has 0 aromatic rings. The summed E-state index contributed by atoms with van der Waals surface area (Å²) in [5, 5.41) is 0.332. The predicted molar refractivity (Wildman–Crippen MR) is 58.9 cm³/mol. The van der Waals surface area contributed by atoms with Crippen LogP contribution in [0, 0.1) is 0 Å². The fourth-order valence-electron chi connectivity index (χ4n) is 0.822. The zero-order valence-corrected chi connectivity index (χ0v) is 11.0. The van der Waals surface area contributed by atoms with E-state index in [1.807, 2.05) is 0 Å². The molecule has 1 unspecified atom stereocenters. The van der Waals surface area contributed by atoms with E-state index in [0.717, 1.165) is 6.04 Å². The molecule has 0 heterocycles. The highest BCUT2D eigenvalue weighted by molar-refractivity contribution is 7.77. The topological polar surface area (TPSA) is 52.2 Å². The van der Waals surface area contributed by atoms with Crippen molar-refractivity contribution in [2.75, 3.05) is 6.54 Å². The van der Waals surface area contributed by atoms with Gasteiger partial charge in [-0.2, -0.15) is 0 Å². The molecular weight excluding hydrogens is 202 g/mol. The molecule has 0 bridgehead atoms. The van der Waals surface area contributed by atoms with Gasteiger partial charge >= 0.3 is 0 Å². The van der Waals surface area contributed by atoms with Crippen LogP contribution in [-0.4, -0.2) is 23.4 Å². The molecule has 0 radical (unpaired) electrons. The molecule has 0 spiro atoms. The van der Waals surface area contributed by atoms with Crippen LogP contribution < -0.4 is 4.72 Å². The maximum absolute atomic E-state index is 10.2. The van der Waals surface area contributed by atoms with Gasteiger partial charge in [-0.25, -0.2) is 4.72 Å². The van der Waals surface area contributed by atoms with Gasteiger partial charge in [0.25, 0.3) is 0 Å². The minimum atomic E-state index is -2.10. The highest BCUT2D eigenvalue weighted by Gasteiger charge is 2.33. The Bertz CT molecular complexity index is 189. The number of nitrogens with one attached hydrogen (secondary N) is 1. The highest BCUT2D eigenvalue weighted by Crippen LogP contribution is 2.38. The van der Waals surface area contributed by atoms with Crippen molar-refractivity contribution in [3.63, 3.8) is 0 Å². The first-order chi connectivity index (χ1) is 5.67. The van der Waals surface area contributed by atoms with Crippen molar-refractivity contribution in [3.05, 3.63) is 0 Å². The second kappa shape index (κ2) is 4.68. The molecule has 0 saturated heterocycles. The van der Waals surface area contributed by atoms with Crippen molar-refractivity contribution in [1.29, 1.82) is 0 Å². The molecule has 5 heteroatoms. The first-order valence-electron chi connectivity index (χ1n) is 4.49. The molecule has 1 N–H and O–H groups in total. The molecule has 1 atom stereocenters. The van der Waals surface area contributed by atoms with Gasteiger partial charge in [0.2, 0.25) is 0 Å². The van der Waals surface area contributed by atoms with E-state index >= 15 is 0 Å². The average molecular weight is 222 g/mol. The molecule has 0 aliphatic heterocycles. The van der Waals surface area contributed by atoms with Gasteiger partial charge in [0, 0.05) is 17.8 Å². The summed E-state index contributed by atoms with van der Waals surface area (Å²) in [5.74, 6) is 0. The Labute approximate surface area is 84.7 Å². The molecule has 0 saturated carbocycles. The Hall–Kier alpha value is 0.287. The second-order valence-electron chi connectivity index (χ2n) is 5.01. The Kier molecular flexibility index (Phi) is 4.78. The monoisotopic (exact) mass is 222 g/mol. The third-order valence-corrected chi connectivity index (χ3v) is 9.00. The maximum Gasteiger partial charge on any atom is 0.0540 e. The summed E-state index contributed by atoms with van der Waals surface area (Å²) in [6.07, 6.45) is 0. The van der Waals surface area contributed by atoms with Crippen molar-refractivity contribution in [2.24, 2.45) is 0 Å². The summed E-state index contributed by atoms with van der Waals surface area (Å²) in [6, 6.07) is 0.991. The molecule has 0 aliphatic carbocycles. The van der Waals surface area contributed by atoms with Gasteiger partial charge in [0.1, 0.15) is 0 Å². The smallest absolute Gasteiger partial charge is 0.0540 e. The predicted octanol–water partition coefficient (Wildman–Crippen LogP) is 1.88. The first-order valence-corrected chi connectivity index (χ1v) is 8.78. The van der Waals surface area contributed by atoms with Gasteiger partial charge in [0.15, 0.2) is 0 Å². The maximum atomic E-state index is 10.2. The summed E-state index contributed by atoms with van der Waals surface area (Å²) in [5.41, 5.74) is 0. The first kappa shape index (κ1) is 13.3. The van der Waals surface area contributed by atoms with E-state index in [9.17, 15) is 8.76 Å². The van der Waals surface area contributed by atoms with E-state index in [1.165, 1.54) is 0 Å². The normalized spacial score (nSPS) is 15.8.